The Balaban J connectivity index is 0.000000269. The number of fused-ring (bicyclic) bond motifs is 1. The quantitative estimate of drug-likeness (QED) is 0.144. The molecule has 1 aromatic rings. The minimum Gasteiger partial charge on any atom is -0.479 e. The zero-order chi connectivity index (χ0) is 30.9. The third-order valence-electron chi connectivity index (χ3n) is 7.74. The summed E-state index contributed by atoms with van der Waals surface area (Å²) < 4.78 is 0. The van der Waals surface area contributed by atoms with E-state index in [1.807, 2.05) is 0 Å². The Morgan fingerprint density at radius 2 is 1.74 bits per heavy atom. The van der Waals surface area contributed by atoms with Crippen molar-refractivity contribution in [3.05, 3.63) is 35.0 Å². The minimum absolute atomic E-state index is 0.0420. The number of carboxylic acids is 2. The highest BCUT2D eigenvalue weighted by atomic mass is 32.2. The van der Waals surface area contributed by atoms with E-state index < -0.39 is 41.8 Å². The van der Waals surface area contributed by atoms with Gasteiger partial charge in [-0.3, -0.25) is 14.5 Å². The molecule has 43 heavy (non-hydrogen) atoms. The third-order valence-corrected chi connectivity index (χ3v) is 9.71. The summed E-state index contributed by atoms with van der Waals surface area (Å²) in [7, 11) is 0. The highest BCUT2D eigenvalue weighted by molar-refractivity contribution is 8.00. The van der Waals surface area contributed by atoms with E-state index in [4.69, 9.17) is 10.8 Å². The number of aromatic nitrogens is 1. The first-order chi connectivity index (χ1) is 20.7. The van der Waals surface area contributed by atoms with E-state index in [0.717, 1.165) is 28.3 Å². The second-order valence-corrected chi connectivity index (χ2v) is 12.8. The van der Waals surface area contributed by atoms with Gasteiger partial charge in [0.25, 0.3) is 11.8 Å². The van der Waals surface area contributed by atoms with Crippen molar-refractivity contribution in [2.24, 2.45) is 5.16 Å². The molecule has 6 N–H and O–H groups in total. The van der Waals surface area contributed by atoms with E-state index in [2.05, 4.69) is 32.2 Å². The Morgan fingerprint density at radius 1 is 1.12 bits per heavy atom. The number of hydrogen-bond acceptors (Lipinski definition) is 11. The minimum atomic E-state index is -1.30. The van der Waals surface area contributed by atoms with Gasteiger partial charge in [-0.15, -0.1) is 23.1 Å². The van der Waals surface area contributed by atoms with Crippen molar-refractivity contribution in [2.45, 2.75) is 87.7 Å². The normalized spacial score (nSPS) is 22.9. The predicted molar refractivity (Wildman–Crippen MR) is 163 cm³/mol. The highest BCUT2D eigenvalue weighted by Crippen LogP contribution is 2.40. The lowest BCUT2D eigenvalue weighted by atomic mass is 9.91. The molecule has 2 amide bonds. The van der Waals surface area contributed by atoms with Crippen LogP contribution >= 0.6 is 23.1 Å². The highest BCUT2D eigenvalue weighted by Gasteiger charge is 2.54. The van der Waals surface area contributed by atoms with Gasteiger partial charge >= 0.3 is 11.9 Å². The molecular formula is C28H38N6O7S2. The summed E-state index contributed by atoms with van der Waals surface area (Å²) in [5, 5.41) is 28.9. The van der Waals surface area contributed by atoms with Crippen molar-refractivity contribution < 1.29 is 34.2 Å². The summed E-state index contributed by atoms with van der Waals surface area (Å²) in [6.45, 7) is 2.77. The molecule has 0 spiro atoms. The number of carbonyl (C=O) groups excluding carboxylic acids is 2. The molecule has 2 aliphatic heterocycles. The van der Waals surface area contributed by atoms with Crippen LogP contribution in [0.3, 0.4) is 0 Å². The molecular weight excluding hydrogens is 596 g/mol. The van der Waals surface area contributed by atoms with Crippen molar-refractivity contribution in [1.29, 1.82) is 0 Å². The molecule has 1 aromatic heterocycles. The molecule has 0 bridgehead atoms. The predicted octanol–water partition coefficient (Wildman–Crippen LogP) is 2.70. The second kappa shape index (κ2) is 15.3. The van der Waals surface area contributed by atoms with Crippen LogP contribution in [-0.4, -0.2) is 85.4 Å². The van der Waals surface area contributed by atoms with Crippen LogP contribution in [0.25, 0.3) is 0 Å². The zero-order valence-corrected chi connectivity index (χ0v) is 25.5. The van der Waals surface area contributed by atoms with Crippen molar-refractivity contribution >= 4 is 57.7 Å². The van der Waals surface area contributed by atoms with Crippen LogP contribution < -0.4 is 16.4 Å². The monoisotopic (exact) mass is 634 g/mol. The summed E-state index contributed by atoms with van der Waals surface area (Å²) in [6, 6.07) is 0.734. The van der Waals surface area contributed by atoms with Crippen LogP contribution in [0.1, 0.15) is 69.9 Å². The van der Waals surface area contributed by atoms with Gasteiger partial charge in [-0.05, 0) is 31.3 Å². The number of β-lactam (4-membered cyclic amide) rings is 1. The lowest BCUT2D eigenvalue weighted by molar-refractivity contribution is -0.150. The number of nitrogens with one attached hydrogen (secondary N) is 2. The van der Waals surface area contributed by atoms with E-state index in [-0.39, 0.29) is 22.2 Å². The number of thioether (sulfide) groups is 1. The number of carbonyl (C=O) groups is 4. The van der Waals surface area contributed by atoms with Gasteiger partial charge in [-0.1, -0.05) is 56.3 Å². The largest absolute Gasteiger partial charge is 0.479 e. The first-order valence-electron chi connectivity index (χ1n) is 14.4. The number of rotatable bonds is 10. The van der Waals surface area contributed by atoms with Crippen molar-refractivity contribution in [3.63, 3.8) is 0 Å². The maximum absolute atomic E-state index is 12.7. The molecule has 0 unspecified atom stereocenters. The first kappa shape index (κ1) is 32.5. The second-order valence-electron chi connectivity index (χ2n) is 10.8. The lowest BCUT2D eigenvalue weighted by Crippen LogP contribution is -2.71. The molecule has 5 rings (SSSR count). The van der Waals surface area contributed by atoms with E-state index in [9.17, 15) is 24.3 Å². The molecule has 0 radical (unpaired) electrons. The fourth-order valence-electron chi connectivity index (χ4n) is 5.63. The average Bonchev–Trinajstić information content (AvgIpc) is 3.43. The molecule has 1 saturated heterocycles. The Hall–Kier alpha value is -3.43. The lowest BCUT2D eigenvalue weighted by Gasteiger charge is -2.49. The Kier molecular flexibility index (Phi) is 11.6. The molecule has 234 valence electrons. The topological polar surface area (TPSA) is 197 Å². The fraction of sp³-hybridized carbons (Fsp3) is 0.571. The number of anilines is 1. The van der Waals surface area contributed by atoms with Crippen LogP contribution in [0.15, 0.2) is 34.5 Å². The van der Waals surface area contributed by atoms with Crippen LogP contribution in [0.4, 0.5) is 5.13 Å². The molecule has 15 heteroatoms. The van der Waals surface area contributed by atoms with E-state index in [0.29, 0.717) is 11.3 Å². The fourth-order valence-corrected chi connectivity index (χ4v) is 7.52. The molecule has 4 aliphatic rings. The van der Waals surface area contributed by atoms with Crippen molar-refractivity contribution in [3.8, 4) is 0 Å². The maximum Gasteiger partial charge on any atom is 0.352 e. The molecule has 2 saturated carbocycles. The van der Waals surface area contributed by atoms with Gasteiger partial charge in [0.1, 0.15) is 22.8 Å². The van der Waals surface area contributed by atoms with Crippen molar-refractivity contribution in [1.82, 2.24) is 20.5 Å². The van der Waals surface area contributed by atoms with Gasteiger partial charge in [-0.25, -0.2) is 14.6 Å². The standard InChI is InChI=1S/C16H15N5O7S2.C12H23N/c1-2-6-4-29-14-10(13(25)21(14)11(6)15(26)27)19-12(24)9(20-28-3-8(22)23)7-5-30-16(17)18-7;1-3-7-11(8-4-1)13-12-9-5-2-6-10-12/h2,5,10,14H,1,3-4H2,(H2,17,18)(H,19,24)(H,22,23)(H,26,27);11-13H,1-10H2/b20-9-;/t10-,14-;/m1./s1. The number of amides is 2. The number of oxime groups is 1. The molecule has 3 heterocycles. The van der Waals surface area contributed by atoms with Crippen molar-refractivity contribution in [2.75, 3.05) is 18.1 Å². The number of nitrogens with zero attached hydrogens (tertiary/aromatic N) is 3. The number of carboxylic acid groups (broad SMARTS) is 2. The van der Waals surface area contributed by atoms with E-state index in [1.165, 1.54) is 87.4 Å². The summed E-state index contributed by atoms with van der Waals surface area (Å²) in [4.78, 5) is 57.1. The van der Waals surface area contributed by atoms with Gasteiger partial charge in [0.15, 0.2) is 10.8 Å². The Morgan fingerprint density at radius 3 is 2.26 bits per heavy atom. The number of nitrogens with two attached hydrogens (primary N) is 1. The van der Waals surface area contributed by atoms with E-state index in [1.54, 1.807) is 0 Å². The van der Waals surface area contributed by atoms with Gasteiger partial charge in [0.2, 0.25) is 6.61 Å². The Bertz CT molecular complexity index is 1250. The maximum atomic E-state index is 12.7. The van der Waals surface area contributed by atoms with Gasteiger partial charge < -0.3 is 31.4 Å². The molecule has 2 atom stereocenters. The molecule has 2 aliphatic carbocycles. The summed E-state index contributed by atoms with van der Waals surface area (Å²) in [5.74, 6) is -3.72. The number of aliphatic carboxylic acids is 2. The molecule has 13 nitrogen and oxygen atoms in total. The Labute approximate surface area is 258 Å². The number of thiazole rings is 1. The number of allylic oxidation sites excluding steroid dienone is 1. The van der Waals surface area contributed by atoms with Crippen LogP contribution in [0.2, 0.25) is 0 Å². The molecule has 0 aromatic carbocycles. The van der Waals surface area contributed by atoms with Crippen LogP contribution in [-0.2, 0) is 24.0 Å². The summed E-state index contributed by atoms with van der Waals surface area (Å²) in [5.41, 5.74) is 5.48. The summed E-state index contributed by atoms with van der Waals surface area (Å²) in [6.07, 6.45) is 15.9. The zero-order valence-electron chi connectivity index (χ0n) is 23.8. The van der Waals surface area contributed by atoms with Crippen LogP contribution in [0, 0.1) is 0 Å². The average molecular weight is 635 g/mol. The summed E-state index contributed by atoms with van der Waals surface area (Å²) >= 11 is 2.30. The van der Waals surface area contributed by atoms with Gasteiger partial charge in [-0.2, -0.15) is 0 Å². The van der Waals surface area contributed by atoms with Gasteiger partial charge in [0.05, 0.1) is 0 Å². The molecule has 3 fully saturated rings. The smallest absolute Gasteiger partial charge is 0.352 e. The first-order valence-corrected chi connectivity index (χ1v) is 16.4. The van der Waals surface area contributed by atoms with Crippen LogP contribution in [0.5, 0.6) is 0 Å². The van der Waals surface area contributed by atoms with Gasteiger partial charge in [0, 0.05) is 23.2 Å². The van der Waals surface area contributed by atoms with E-state index >= 15 is 0 Å². The third kappa shape index (κ3) is 8.36. The SMILES string of the molecule is C1CCC(NC2CCCCC2)CC1.C=CC1=C(C(=O)O)N2C(=O)[C@@H](NC(=O)/C(=N\OCC(=O)O)c3csc(N)n3)[C@H]2SC1. The number of nitrogen functional groups attached to an aromatic ring is 1. The number of hydrogen-bond donors (Lipinski definition) is 5.